The fourth-order valence-corrected chi connectivity index (χ4v) is 10.6. The first-order chi connectivity index (χ1) is 29.2. The van der Waals surface area contributed by atoms with Gasteiger partial charge in [-0.1, -0.05) is 174 Å². The second kappa shape index (κ2) is 14.9. The highest BCUT2D eigenvalue weighted by atomic mass is 16.1. The number of hydrogen-bond donors (Lipinski definition) is 0. The second-order valence-corrected chi connectivity index (χ2v) is 17.7. The zero-order chi connectivity index (χ0) is 41.2. The summed E-state index contributed by atoms with van der Waals surface area (Å²) in [5.74, 6) is 0.942. The van der Waals surface area contributed by atoms with Crippen LogP contribution in [0.25, 0.3) is 100 Å². The van der Waals surface area contributed by atoms with Crippen LogP contribution in [0.5, 0.6) is 0 Å². The number of carbonyl (C=O) groups is 1. The average molecular weight is 775 g/mol. The summed E-state index contributed by atoms with van der Waals surface area (Å²) in [4.78, 5) is 14.6. The molecule has 1 nitrogen and oxygen atoms in total. The molecule has 2 atom stereocenters. The van der Waals surface area contributed by atoms with Gasteiger partial charge in [0.15, 0.2) is 0 Å². The van der Waals surface area contributed by atoms with Crippen LogP contribution in [0.15, 0.2) is 159 Å². The Hall–Kier alpha value is -6.57. The minimum atomic E-state index is -0.123. The first-order valence-corrected chi connectivity index (χ1v) is 21.6. The number of rotatable bonds is 10. The van der Waals surface area contributed by atoms with Crippen molar-refractivity contribution in [2.75, 3.05) is 0 Å². The fourth-order valence-electron chi connectivity index (χ4n) is 10.6. The lowest BCUT2D eigenvalue weighted by Gasteiger charge is -2.33. The minimum Gasteiger partial charge on any atom is -0.298 e. The van der Waals surface area contributed by atoms with Gasteiger partial charge in [-0.3, -0.25) is 4.79 Å². The molecule has 0 aromatic heterocycles. The normalized spacial score (nSPS) is 15.3. The van der Waals surface area contributed by atoms with Crippen molar-refractivity contribution >= 4 is 39.5 Å². The average Bonchev–Trinajstić information content (AvgIpc) is 3.61. The third-order valence-corrected chi connectivity index (χ3v) is 13.1. The van der Waals surface area contributed by atoms with Gasteiger partial charge in [-0.25, -0.2) is 0 Å². The van der Waals surface area contributed by atoms with Gasteiger partial charge in [0.05, 0.1) is 0 Å². The summed E-state index contributed by atoms with van der Waals surface area (Å²) >= 11 is 0. The van der Waals surface area contributed by atoms with Crippen molar-refractivity contribution in [1.82, 2.24) is 0 Å². The summed E-state index contributed by atoms with van der Waals surface area (Å²) in [6, 6.07) is 53.5. The Bertz CT molecular complexity index is 2830. The van der Waals surface area contributed by atoms with E-state index in [4.69, 9.17) is 0 Å². The fraction of sp³-hybridized carbons (Fsp3) is 0.169. The SMILES string of the molecule is C=Cc1cc2c(-c3cccc(-c4ccccc4)c3)c3c(c(-c4cccc(-c5ccccc5)c4)c2cc1C=C)-c1ccc2c4c(ccc-3c14)C(CC(C)C)C(=O)C2CC(C)C. The molecule has 2 unspecified atom stereocenters. The highest BCUT2D eigenvalue weighted by molar-refractivity contribution is 6.29. The summed E-state index contributed by atoms with van der Waals surface area (Å²) in [5, 5.41) is 4.96. The standard InChI is InChI=1S/C59H50O/c1-7-37-33-49-50(34-38(37)8-2)54(44-24-16-22-42(32-44)40-19-13-10-14-20-40)58-48-28-26-46-52(30-36(5)6)59(60)51(29-35(3)4)45-25-27-47(56(48)55(45)46)57(58)53(49)43-23-15-21-41(31-43)39-17-11-9-12-18-39/h7-28,31-36,51-52H,1-2,29-30H2,3-6H3. The number of ketones is 1. The van der Waals surface area contributed by atoms with Crippen LogP contribution in [-0.2, 0) is 4.79 Å². The Morgan fingerprint density at radius 3 is 1.25 bits per heavy atom. The van der Waals surface area contributed by atoms with Gasteiger partial charge >= 0.3 is 0 Å². The first kappa shape index (κ1) is 37.7. The van der Waals surface area contributed by atoms with Crippen LogP contribution in [0.2, 0.25) is 0 Å². The maximum Gasteiger partial charge on any atom is 0.147 e. The topological polar surface area (TPSA) is 17.1 Å². The number of benzene rings is 8. The molecule has 8 aromatic rings. The van der Waals surface area contributed by atoms with Crippen molar-refractivity contribution in [3.05, 3.63) is 181 Å². The number of hydrogen-bond acceptors (Lipinski definition) is 1. The smallest absolute Gasteiger partial charge is 0.147 e. The lowest BCUT2D eigenvalue weighted by Crippen LogP contribution is -2.27. The molecular formula is C59H50O. The van der Waals surface area contributed by atoms with Crippen molar-refractivity contribution in [2.24, 2.45) is 11.8 Å². The van der Waals surface area contributed by atoms with E-state index in [0.29, 0.717) is 17.6 Å². The minimum absolute atomic E-state index is 0.123. The van der Waals surface area contributed by atoms with Crippen LogP contribution in [-0.4, -0.2) is 5.78 Å². The van der Waals surface area contributed by atoms with Crippen molar-refractivity contribution < 1.29 is 4.79 Å². The molecule has 0 heterocycles. The van der Waals surface area contributed by atoms with Crippen molar-refractivity contribution in [3.63, 3.8) is 0 Å². The van der Waals surface area contributed by atoms with Gasteiger partial charge in [0.2, 0.25) is 0 Å². The molecular weight excluding hydrogens is 725 g/mol. The van der Waals surface area contributed by atoms with Gasteiger partial charge < -0.3 is 0 Å². The Kier molecular flexibility index (Phi) is 9.37. The molecule has 10 rings (SSSR count). The van der Waals surface area contributed by atoms with E-state index >= 15 is 0 Å². The van der Waals surface area contributed by atoms with E-state index in [0.717, 1.165) is 24.0 Å². The second-order valence-electron chi connectivity index (χ2n) is 17.7. The van der Waals surface area contributed by atoms with E-state index in [9.17, 15) is 4.79 Å². The summed E-state index contributed by atoms with van der Waals surface area (Å²) < 4.78 is 0. The van der Waals surface area contributed by atoms with Gasteiger partial charge in [-0.05, 0) is 160 Å². The molecule has 0 aliphatic heterocycles. The molecule has 0 amide bonds. The summed E-state index contributed by atoms with van der Waals surface area (Å²) in [6.45, 7) is 17.6. The summed E-state index contributed by atoms with van der Waals surface area (Å²) in [5.41, 5.74) is 19.0. The highest BCUT2D eigenvalue weighted by Crippen LogP contribution is 2.61. The van der Waals surface area contributed by atoms with E-state index in [-0.39, 0.29) is 11.8 Å². The summed E-state index contributed by atoms with van der Waals surface area (Å²) in [7, 11) is 0. The van der Waals surface area contributed by atoms with Crippen LogP contribution in [0.3, 0.4) is 0 Å². The van der Waals surface area contributed by atoms with Crippen LogP contribution in [0.4, 0.5) is 0 Å². The van der Waals surface area contributed by atoms with Gasteiger partial charge in [-0.2, -0.15) is 0 Å². The van der Waals surface area contributed by atoms with E-state index < -0.39 is 0 Å². The quantitative estimate of drug-likeness (QED) is 0.135. The lowest BCUT2D eigenvalue weighted by atomic mass is 9.69. The Labute approximate surface area is 354 Å². The zero-order valence-electron chi connectivity index (χ0n) is 35.1. The zero-order valence-corrected chi connectivity index (χ0v) is 35.1. The maximum atomic E-state index is 14.6. The van der Waals surface area contributed by atoms with Gasteiger partial charge in [-0.15, -0.1) is 0 Å². The van der Waals surface area contributed by atoms with E-state index in [1.54, 1.807) is 0 Å². The molecule has 1 heteroatoms. The number of fused-ring (bicyclic) bond motifs is 4. The lowest BCUT2D eigenvalue weighted by molar-refractivity contribution is -0.122. The van der Waals surface area contributed by atoms with Gasteiger partial charge in [0.25, 0.3) is 0 Å². The van der Waals surface area contributed by atoms with Crippen LogP contribution >= 0.6 is 0 Å². The van der Waals surface area contributed by atoms with E-state index in [2.05, 4.69) is 186 Å². The van der Waals surface area contributed by atoms with Crippen molar-refractivity contribution in [1.29, 1.82) is 0 Å². The van der Waals surface area contributed by atoms with Gasteiger partial charge in [0.1, 0.15) is 5.78 Å². The molecule has 2 aliphatic carbocycles. The summed E-state index contributed by atoms with van der Waals surface area (Å²) in [6.07, 6.45) is 5.63. The molecule has 292 valence electrons. The molecule has 60 heavy (non-hydrogen) atoms. The third-order valence-electron chi connectivity index (χ3n) is 13.1. The van der Waals surface area contributed by atoms with E-state index in [1.165, 1.54) is 99.4 Å². The van der Waals surface area contributed by atoms with Crippen molar-refractivity contribution in [3.8, 4) is 66.8 Å². The first-order valence-electron chi connectivity index (χ1n) is 21.6. The number of Topliss-reactive ketones (excluding diaryl/α,β-unsaturated/α-hetero) is 1. The van der Waals surface area contributed by atoms with Gasteiger partial charge in [0, 0.05) is 11.8 Å². The molecule has 0 radical (unpaired) electrons. The Balaban J connectivity index is 1.38. The molecule has 0 spiro atoms. The molecule has 2 aliphatic rings. The Morgan fingerprint density at radius 1 is 0.450 bits per heavy atom. The molecule has 0 saturated carbocycles. The molecule has 0 N–H and O–H groups in total. The van der Waals surface area contributed by atoms with Crippen LogP contribution < -0.4 is 0 Å². The number of carbonyl (C=O) groups excluding carboxylic acids is 1. The monoisotopic (exact) mass is 774 g/mol. The van der Waals surface area contributed by atoms with Crippen LogP contribution in [0.1, 0.15) is 74.6 Å². The Morgan fingerprint density at radius 2 is 0.850 bits per heavy atom. The maximum absolute atomic E-state index is 14.6. The molecule has 0 fully saturated rings. The highest BCUT2D eigenvalue weighted by Gasteiger charge is 2.40. The third kappa shape index (κ3) is 6.02. The van der Waals surface area contributed by atoms with E-state index in [1.807, 2.05) is 12.2 Å². The predicted octanol–water partition coefficient (Wildman–Crippen LogP) is 16.4. The molecule has 0 bridgehead atoms. The molecule has 0 saturated heterocycles. The molecule has 8 aromatic carbocycles. The van der Waals surface area contributed by atoms with Crippen molar-refractivity contribution in [2.45, 2.75) is 52.4 Å². The van der Waals surface area contributed by atoms with Crippen LogP contribution in [0, 0.1) is 11.8 Å². The largest absolute Gasteiger partial charge is 0.298 e. The predicted molar refractivity (Wildman–Crippen MR) is 257 cm³/mol.